The van der Waals surface area contributed by atoms with E-state index in [1.165, 1.54) is 0 Å². The molecule has 0 radical (unpaired) electrons. The van der Waals surface area contributed by atoms with Gasteiger partial charge in [-0.2, -0.15) is 0 Å². The number of ether oxygens (including phenoxy) is 2. The molecule has 0 bridgehead atoms. The predicted octanol–water partition coefficient (Wildman–Crippen LogP) is 4.25. The highest BCUT2D eigenvalue weighted by molar-refractivity contribution is 5.97. The SMILES string of the molecule is CCC(NC(=O)[C@@H](NC(=O)OCc1ccccc1)C(C)C)C(=O)C(CC)NC(=O)[C@@H](NC(=O)OCc1ccccc1)C(C)C. The molecule has 4 atom stereocenters. The summed E-state index contributed by atoms with van der Waals surface area (Å²) < 4.78 is 10.5. The Morgan fingerprint density at radius 2 is 0.909 bits per heavy atom. The second kappa shape index (κ2) is 18.3. The summed E-state index contributed by atoms with van der Waals surface area (Å²) >= 11 is 0. The lowest BCUT2D eigenvalue weighted by atomic mass is 9.97. The van der Waals surface area contributed by atoms with Gasteiger partial charge in [-0.1, -0.05) is 102 Å². The summed E-state index contributed by atoms with van der Waals surface area (Å²) in [5, 5.41) is 10.6. The van der Waals surface area contributed by atoms with Crippen LogP contribution in [0.4, 0.5) is 9.59 Å². The quantitative estimate of drug-likeness (QED) is 0.222. The van der Waals surface area contributed by atoms with Gasteiger partial charge >= 0.3 is 12.2 Å². The highest BCUT2D eigenvalue weighted by atomic mass is 16.6. The van der Waals surface area contributed by atoms with Gasteiger partial charge in [-0.05, 0) is 35.8 Å². The van der Waals surface area contributed by atoms with Gasteiger partial charge in [-0.15, -0.1) is 0 Å². The second-order valence-corrected chi connectivity index (χ2v) is 11.2. The summed E-state index contributed by atoms with van der Waals surface area (Å²) in [4.78, 5) is 64.8. The van der Waals surface area contributed by atoms with Crippen LogP contribution < -0.4 is 21.3 Å². The van der Waals surface area contributed by atoms with Gasteiger partial charge in [0.1, 0.15) is 25.3 Å². The van der Waals surface area contributed by atoms with E-state index in [-0.39, 0.29) is 43.7 Å². The van der Waals surface area contributed by atoms with E-state index in [4.69, 9.17) is 9.47 Å². The highest BCUT2D eigenvalue weighted by Gasteiger charge is 2.33. The maximum absolute atomic E-state index is 13.5. The second-order valence-electron chi connectivity index (χ2n) is 11.2. The molecule has 2 unspecified atom stereocenters. The van der Waals surface area contributed by atoms with Crippen LogP contribution in [0, 0.1) is 11.8 Å². The predicted molar refractivity (Wildman–Crippen MR) is 166 cm³/mol. The molecule has 2 rings (SSSR count). The van der Waals surface area contributed by atoms with E-state index in [0.29, 0.717) is 0 Å². The third kappa shape index (κ3) is 11.7. The van der Waals surface area contributed by atoms with Crippen molar-refractivity contribution in [3.8, 4) is 0 Å². The van der Waals surface area contributed by atoms with E-state index in [9.17, 15) is 24.0 Å². The first-order valence-electron chi connectivity index (χ1n) is 15.1. The summed E-state index contributed by atoms with van der Waals surface area (Å²) in [6.07, 6.45) is -0.985. The normalized spacial score (nSPS) is 13.6. The molecule has 0 aliphatic heterocycles. The zero-order chi connectivity index (χ0) is 32.6. The minimum Gasteiger partial charge on any atom is -0.445 e. The van der Waals surface area contributed by atoms with Gasteiger partial charge in [-0.25, -0.2) is 9.59 Å². The van der Waals surface area contributed by atoms with Crippen molar-refractivity contribution >= 4 is 29.8 Å². The van der Waals surface area contributed by atoms with Gasteiger partial charge < -0.3 is 30.7 Å². The van der Waals surface area contributed by atoms with Crippen LogP contribution in [0.25, 0.3) is 0 Å². The molecule has 0 heterocycles. The third-order valence-electron chi connectivity index (χ3n) is 7.01. The molecule has 11 nitrogen and oxygen atoms in total. The average molecular weight is 611 g/mol. The first-order valence-corrected chi connectivity index (χ1v) is 15.1. The van der Waals surface area contributed by atoms with Gasteiger partial charge in [0, 0.05) is 0 Å². The number of amides is 4. The van der Waals surface area contributed by atoms with Crippen molar-refractivity contribution in [3.05, 3.63) is 71.8 Å². The van der Waals surface area contributed by atoms with Crippen LogP contribution in [0.5, 0.6) is 0 Å². The van der Waals surface area contributed by atoms with E-state index in [1.807, 2.05) is 60.7 Å². The standard InChI is InChI=1S/C33H46N4O7/c1-7-25(34-30(39)27(21(3)4)36-32(41)43-19-23-15-11-9-12-16-23)29(38)26(8-2)35-31(40)28(22(5)6)37-33(42)44-20-24-17-13-10-14-18-24/h9-18,21-22,25-28H,7-8,19-20H2,1-6H3,(H,34,39)(H,35,40)(H,36,41)(H,37,42)/t25?,26?,27-,28-/m0/s1. The molecule has 4 N–H and O–H groups in total. The fourth-order valence-electron chi connectivity index (χ4n) is 4.37. The molecule has 0 saturated carbocycles. The molecule has 0 aliphatic carbocycles. The van der Waals surface area contributed by atoms with Crippen molar-refractivity contribution in [2.75, 3.05) is 0 Å². The summed E-state index contributed by atoms with van der Waals surface area (Å²) in [5.41, 5.74) is 1.60. The largest absolute Gasteiger partial charge is 0.445 e. The maximum atomic E-state index is 13.5. The lowest BCUT2D eigenvalue weighted by Gasteiger charge is -2.28. The molecule has 0 fully saturated rings. The molecule has 2 aromatic rings. The maximum Gasteiger partial charge on any atom is 0.408 e. The number of nitrogens with one attached hydrogen (secondary N) is 4. The van der Waals surface area contributed by atoms with E-state index in [0.717, 1.165) is 11.1 Å². The van der Waals surface area contributed by atoms with Gasteiger partial charge in [0.25, 0.3) is 0 Å². The molecule has 0 spiro atoms. The molecular formula is C33H46N4O7. The number of rotatable bonds is 16. The van der Waals surface area contributed by atoms with Crippen LogP contribution in [0.2, 0.25) is 0 Å². The van der Waals surface area contributed by atoms with Gasteiger partial charge in [0.05, 0.1) is 12.1 Å². The van der Waals surface area contributed by atoms with Gasteiger partial charge in [0.2, 0.25) is 11.8 Å². The van der Waals surface area contributed by atoms with Crippen molar-refractivity contribution < 1.29 is 33.4 Å². The van der Waals surface area contributed by atoms with Crippen molar-refractivity contribution in [2.24, 2.45) is 11.8 Å². The summed E-state index contributed by atoms with van der Waals surface area (Å²) in [7, 11) is 0. The monoisotopic (exact) mass is 610 g/mol. The Hall–Kier alpha value is -4.41. The zero-order valence-corrected chi connectivity index (χ0v) is 26.4. The lowest BCUT2D eigenvalue weighted by molar-refractivity contribution is -0.133. The Morgan fingerprint density at radius 3 is 1.20 bits per heavy atom. The summed E-state index contributed by atoms with van der Waals surface area (Å²) in [5.74, 6) is -2.07. The van der Waals surface area contributed by atoms with Crippen molar-refractivity contribution in [1.82, 2.24) is 21.3 Å². The number of Topliss-reactive ketones (excluding diaryl/α,β-unsaturated/α-hetero) is 1. The number of alkyl carbamates (subject to hydrolysis) is 2. The Kier molecular flexibility index (Phi) is 14.9. The van der Waals surface area contributed by atoms with Crippen LogP contribution in [0.3, 0.4) is 0 Å². The molecule has 0 saturated heterocycles. The molecule has 11 heteroatoms. The van der Waals surface area contributed by atoms with E-state index >= 15 is 0 Å². The Bertz CT molecular complexity index is 1130. The van der Waals surface area contributed by atoms with Crippen molar-refractivity contribution in [3.63, 3.8) is 0 Å². The van der Waals surface area contributed by atoms with Crippen LogP contribution in [-0.4, -0.2) is 54.0 Å². The fraction of sp³-hybridized carbons (Fsp3) is 0.485. The van der Waals surface area contributed by atoms with E-state index in [1.54, 1.807) is 41.5 Å². The van der Waals surface area contributed by atoms with Crippen molar-refractivity contribution in [1.29, 1.82) is 0 Å². The Morgan fingerprint density at radius 1 is 0.568 bits per heavy atom. The Labute approximate surface area is 259 Å². The highest BCUT2D eigenvalue weighted by Crippen LogP contribution is 2.10. The summed E-state index contributed by atoms with van der Waals surface area (Å²) in [6.45, 7) is 10.6. The molecule has 0 aromatic heterocycles. The number of ketones is 1. The molecular weight excluding hydrogens is 564 g/mol. The fourth-order valence-corrected chi connectivity index (χ4v) is 4.37. The number of benzene rings is 2. The molecule has 240 valence electrons. The van der Waals surface area contributed by atoms with Gasteiger partial charge in [-0.3, -0.25) is 14.4 Å². The number of hydrogen-bond acceptors (Lipinski definition) is 7. The third-order valence-corrected chi connectivity index (χ3v) is 7.01. The minimum atomic E-state index is -0.953. The van der Waals surface area contributed by atoms with E-state index in [2.05, 4.69) is 21.3 Å². The zero-order valence-electron chi connectivity index (χ0n) is 26.4. The van der Waals surface area contributed by atoms with Crippen LogP contribution >= 0.6 is 0 Å². The van der Waals surface area contributed by atoms with Crippen LogP contribution in [0.15, 0.2) is 60.7 Å². The topological polar surface area (TPSA) is 152 Å². The smallest absolute Gasteiger partial charge is 0.408 e. The lowest BCUT2D eigenvalue weighted by Crippen LogP contribution is -2.58. The molecule has 4 amide bonds. The average Bonchev–Trinajstić information content (AvgIpc) is 3.01. The minimum absolute atomic E-state index is 0.0457. The number of hydrogen-bond donors (Lipinski definition) is 4. The number of carbonyl (C=O) groups excluding carboxylic acids is 5. The Balaban J connectivity index is 1.98. The first kappa shape index (κ1) is 35.8. The number of carbonyl (C=O) groups is 5. The molecule has 2 aromatic carbocycles. The van der Waals surface area contributed by atoms with Crippen LogP contribution in [0.1, 0.15) is 65.5 Å². The van der Waals surface area contributed by atoms with Crippen LogP contribution in [-0.2, 0) is 37.1 Å². The molecule has 44 heavy (non-hydrogen) atoms. The first-order chi connectivity index (χ1) is 21.0. The van der Waals surface area contributed by atoms with Gasteiger partial charge in [0.15, 0.2) is 5.78 Å². The summed E-state index contributed by atoms with van der Waals surface area (Å²) in [6, 6.07) is 14.5. The molecule has 0 aliphatic rings. The van der Waals surface area contributed by atoms with E-state index < -0.39 is 48.2 Å². The van der Waals surface area contributed by atoms with Crippen molar-refractivity contribution in [2.45, 2.75) is 91.8 Å².